The Balaban J connectivity index is 2.24. The van der Waals surface area contributed by atoms with Crippen LogP contribution in [0.1, 0.15) is 30.8 Å². The Morgan fingerprint density at radius 1 is 1.07 bits per heavy atom. The molecule has 0 saturated carbocycles. The van der Waals surface area contributed by atoms with Gasteiger partial charge in [-0.2, -0.15) is 0 Å². The number of hydrogen-bond acceptors (Lipinski definition) is 7. The van der Waals surface area contributed by atoms with Crippen LogP contribution in [0.2, 0.25) is 0 Å². The van der Waals surface area contributed by atoms with E-state index in [1.54, 1.807) is 26.0 Å². The Labute approximate surface area is 168 Å². The zero-order valence-electron chi connectivity index (χ0n) is 16.1. The Kier molecular flexibility index (Phi) is 8.33. The molecule has 0 radical (unpaired) electrons. The SMILES string of the molecule is CCOP(=O)(OCC)C(NC(=O)OCc1ccccc1)c1ccc([N+](=O)[O-])cc1. The molecule has 0 spiro atoms. The number of nitrogens with zero attached hydrogens (tertiary/aromatic N) is 1. The summed E-state index contributed by atoms with van der Waals surface area (Å²) in [5.74, 6) is -1.19. The zero-order chi connectivity index (χ0) is 21.3. The van der Waals surface area contributed by atoms with Crippen LogP contribution < -0.4 is 5.32 Å². The first kappa shape index (κ1) is 22.5. The fraction of sp³-hybridized carbons (Fsp3) is 0.316. The zero-order valence-corrected chi connectivity index (χ0v) is 17.0. The van der Waals surface area contributed by atoms with Gasteiger partial charge in [-0.1, -0.05) is 30.3 Å². The normalized spacial score (nSPS) is 12.2. The molecule has 29 heavy (non-hydrogen) atoms. The van der Waals surface area contributed by atoms with Gasteiger partial charge in [-0.3, -0.25) is 14.7 Å². The van der Waals surface area contributed by atoms with Crippen LogP contribution in [0, 0.1) is 10.1 Å². The maximum atomic E-state index is 13.3. The van der Waals surface area contributed by atoms with E-state index >= 15 is 0 Å². The molecule has 0 fully saturated rings. The van der Waals surface area contributed by atoms with Crippen LogP contribution in [0.25, 0.3) is 0 Å². The lowest BCUT2D eigenvalue weighted by Crippen LogP contribution is -2.30. The molecule has 0 saturated heterocycles. The largest absolute Gasteiger partial charge is 0.445 e. The number of nitro groups is 1. The monoisotopic (exact) mass is 422 g/mol. The fourth-order valence-electron chi connectivity index (χ4n) is 2.55. The van der Waals surface area contributed by atoms with Gasteiger partial charge in [0.2, 0.25) is 0 Å². The topological polar surface area (TPSA) is 117 Å². The fourth-order valence-corrected chi connectivity index (χ4v) is 4.44. The van der Waals surface area contributed by atoms with Crippen molar-refractivity contribution in [2.75, 3.05) is 13.2 Å². The summed E-state index contributed by atoms with van der Waals surface area (Å²) in [6, 6.07) is 14.4. The number of benzene rings is 2. The summed E-state index contributed by atoms with van der Waals surface area (Å²) in [4.78, 5) is 22.7. The molecule has 2 aromatic carbocycles. The molecule has 156 valence electrons. The molecule has 9 nitrogen and oxygen atoms in total. The van der Waals surface area contributed by atoms with Gasteiger partial charge >= 0.3 is 13.7 Å². The molecular weight excluding hydrogens is 399 g/mol. The van der Waals surface area contributed by atoms with Gasteiger partial charge in [-0.15, -0.1) is 0 Å². The second-order valence-electron chi connectivity index (χ2n) is 5.83. The van der Waals surface area contributed by atoms with E-state index in [1.807, 2.05) is 18.2 Å². The van der Waals surface area contributed by atoms with E-state index in [-0.39, 0.29) is 25.5 Å². The third-order valence-corrected chi connectivity index (χ3v) is 6.12. The number of alkyl carbamates (subject to hydrolysis) is 1. The standard InChI is InChI=1S/C19H23N2O7P/c1-3-27-29(25,28-4-2)18(16-10-12-17(13-11-16)21(23)24)20-19(22)26-14-15-8-6-5-7-9-15/h5-13,18H,3-4,14H2,1-2H3,(H,20,22). The van der Waals surface area contributed by atoms with Crippen LogP contribution in [0.15, 0.2) is 54.6 Å². The summed E-state index contributed by atoms with van der Waals surface area (Å²) in [5.41, 5.74) is 0.978. The van der Waals surface area contributed by atoms with E-state index in [9.17, 15) is 19.5 Å². The van der Waals surface area contributed by atoms with E-state index in [0.29, 0.717) is 5.56 Å². The van der Waals surface area contributed by atoms with Gasteiger partial charge < -0.3 is 19.1 Å². The molecule has 1 atom stereocenters. The van der Waals surface area contributed by atoms with Crippen LogP contribution in [0.4, 0.5) is 10.5 Å². The first-order valence-corrected chi connectivity index (χ1v) is 10.6. The summed E-state index contributed by atoms with van der Waals surface area (Å²) in [5, 5.41) is 13.4. The molecule has 0 bridgehead atoms. The van der Waals surface area contributed by atoms with Gasteiger partial charge in [-0.25, -0.2) is 4.79 Å². The number of nitrogens with one attached hydrogen (secondary N) is 1. The molecule has 1 N–H and O–H groups in total. The van der Waals surface area contributed by atoms with E-state index in [4.69, 9.17) is 13.8 Å². The van der Waals surface area contributed by atoms with Crippen LogP contribution >= 0.6 is 7.60 Å². The minimum absolute atomic E-state index is 0.0211. The second-order valence-corrected chi connectivity index (χ2v) is 7.95. The van der Waals surface area contributed by atoms with Crippen molar-refractivity contribution < 1.29 is 28.1 Å². The lowest BCUT2D eigenvalue weighted by atomic mass is 10.2. The number of non-ortho nitro benzene ring substituents is 1. The number of nitro benzene ring substituents is 1. The maximum absolute atomic E-state index is 13.3. The quantitative estimate of drug-likeness (QED) is 0.332. The number of carbonyl (C=O) groups is 1. The molecule has 0 heterocycles. The predicted octanol–water partition coefficient (Wildman–Crippen LogP) is 4.79. The first-order valence-electron chi connectivity index (χ1n) is 9.00. The van der Waals surface area contributed by atoms with Crippen molar-refractivity contribution in [2.24, 2.45) is 0 Å². The van der Waals surface area contributed by atoms with Gasteiger partial charge in [0.05, 0.1) is 18.1 Å². The van der Waals surface area contributed by atoms with Gasteiger partial charge in [0.15, 0.2) is 5.78 Å². The van der Waals surface area contributed by atoms with Crippen molar-refractivity contribution in [2.45, 2.75) is 26.2 Å². The third kappa shape index (κ3) is 6.39. The molecule has 2 rings (SSSR count). The molecule has 10 heteroatoms. The smallest absolute Gasteiger partial charge is 0.408 e. The highest BCUT2D eigenvalue weighted by Gasteiger charge is 2.38. The molecular formula is C19H23N2O7P. The van der Waals surface area contributed by atoms with Gasteiger partial charge in [0.1, 0.15) is 6.61 Å². The minimum Gasteiger partial charge on any atom is -0.445 e. The van der Waals surface area contributed by atoms with Crippen molar-refractivity contribution in [3.8, 4) is 0 Å². The summed E-state index contributed by atoms with van der Waals surface area (Å²) in [6.45, 7) is 3.48. The van der Waals surface area contributed by atoms with Crippen molar-refractivity contribution in [1.29, 1.82) is 0 Å². The Hall–Kier alpha value is -2.74. The highest BCUT2D eigenvalue weighted by Crippen LogP contribution is 2.59. The molecule has 2 aromatic rings. The lowest BCUT2D eigenvalue weighted by molar-refractivity contribution is -0.384. The van der Waals surface area contributed by atoms with Crippen molar-refractivity contribution in [1.82, 2.24) is 5.32 Å². The van der Waals surface area contributed by atoms with E-state index in [1.165, 1.54) is 24.3 Å². The molecule has 0 aliphatic carbocycles. The van der Waals surface area contributed by atoms with Gasteiger partial charge in [-0.05, 0) is 37.1 Å². The summed E-state index contributed by atoms with van der Waals surface area (Å²) >= 11 is 0. The van der Waals surface area contributed by atoms with E-state index in [0.717, 1.165) is 5.56 Å². The highest BCUT2D eigenvalue weighted by molar-refractivity contribution is 7.54. The number of rotatable bonds is 10. The van der Waals surface area contributed by atoms with Crippen molar-refractivity contribution in [3.05, 3.63) is 75.8 Å². The Morgan fingerprint density at radius 3 is 2.17 bits per heavy atom. The Bertz CT molecular complexity index is 849. The number of carbonyl (C=O) groups excluding carboxylic acids is 1. The Morgan fingerprint density at radius 2 is 1.66 bits per heavy atom. The minimum atomic E-state index is -3.82. The highest BCUT2D eigenvalue weighted by atomic mass is 31.2. The van der Waals surface area contributed by atoms with Crippen LogP contribution in [0.5, 0.6) is 0 Å². The van der Waals surface area contributed by atoms with Crippen LogP contribution in [-0.4, -0.2) is 24.2 Å². The number of ether oxygens (including phenoxy) is 1. The molecule has 1 amide bonds. The number of hydrogen-bond donors (Lipinski definition) is 1. The predicted molar refractivity (Wildman–Crippen MR) is 106 cm³/mol. The van der Waals surface area contributed by atoms with Crippen molar-refractivity contribution in [3.63, 3.8) is 0 Å². The average molecular weight is 422 g/mol. The average Bonchev–Trinajstić information content (AvgIpc) is 2.71. The summed E-state index contributed by atoms with van der Waals surface area (Å²) in [6.07, 6.45) is -0.822. The van der Waals surface area contributed by atoms with E-state index in [2.05, 4.69) is 5.32 Å². The molecule has 0 aliphatic heterocycles. The molecule has 0 aliphatic rings. The molecule has 0 aromatic heterocycles. The van der Waals surface area contributed by atoms with Gasteiger partial charge in [0.25, 0.3) is 5.69 Å². The maximum Gasteiger partial charge on any atom is 0.408 e. The first-order chi connectivity index (χ1) is 13.9. The lowest BCUT2D eigenvalue weighted by Gasteiger charge is -2.27. The van der Waals surface area contributed by atoms with Crippen LogP contribution in [0.3, 0.4) is 0 Å². The summed E-state index contributed by atoms with van der Waals surface area (Å²) < 4.78 is 29.2. The van der Waals surface area contributed by atoms with Crippen LogP contribution in [-0.2, 0) is 25.0 Å². The van der Waals surface area contributed by atoms with E-state index < -0.39 is 24.4 Å². The summed E-state index contributed by atoms with van der Waals surface area (Å²) in [7, 11) is -3.82. The van der Waals surface area contributed by atoms with Gasteiger partial charge in [0, 0.05) is 12.1 Å². The third-order valence-electron chi connectivity index (χ3n) is 3.82. The van der Waals surface area contributed by atoms with Crippen molar-refractivity contribution >= 4 is 19.4 Å². The molecule has 1 unspecified atom stereocenters. The number of amides is 1. The second kappa shape index (κ2) is 10.7.